The first-order valence-corrected chi connectivity index (χ1v) is 14.2. The Bertz CT molecular complexity index is 1840. The molecule has 5 rings (SSSR count). The van der Waals surface area contributed by atoms with Crippen molar-refractivity contribution in [1.29, 1.82) is 4.78 Å². The number of benzene rings is 2. The van der Waals surface area contributed by atoms with Crippen molar-refractivity contribution in [3.05, 3.63) is 90.3 Å². The summed E-state index contributed by atoms with van der Waals surface area (Å²) in [4.78, 5) is 17.1. The molecule has 10 nitrogen and oxygen atoms in total. The molecule has 0 saturated carbocycles. The van der Waals surface area contributed by atoms with Gasteiger partial charge in [-0.05, 0) is 81.3 Å². The number of aryl methyl sites for hydroxylation is 1. The van der Waals surface area contributed by atoms with E-state index in [0.29, 0.717) is 27.7 Å². The van der Waals surface area contributed by atoms with Crippen molar-refractivity contribution in [2.75, 3.05) is 5.32 Å². The number of pyridine rings is 1. The summed E-state index contributed by atoms with van der Waals surface area (Å²) in [5.74, 6) is -0.687. The normalized spacial score (nSPS) is 13.1. The van der Waals surface area contributed by atoms with Gasteiger partial charge in [0.05, 0.1) is 34.3 Å². The van der Waals surface area contributed by atoms with Gasteiger partial charge in [-0.2, -0.15) is 10.2 Å². The van der Waals surface area contributed by atoms with E-state index in [1.165, 1.54) is 30.6 Å². The number of hydrogen-bond acceptors (Lipinski definition) is 8. The van der Waals surface area contributed by atoms with Gasteiger partial charge in [-0.1, -0.05) is 6.07 Å². The molecule has 0 unspecified atom stereocenters. The number of halogens is 1. The van der Waals surface area contributed by atoms with Crippen LogP contribution >= 0.6 is 0 Å². The number of carbonyl (C=O) groups excluding carboxylic acids is 1. The molecule has 0 radical (unpaired) electrons. The van der Waals surface area contributed by atoms with Crippen molar-refractivity contribution in [3.63, 3.8) is 0 Å². The minimum absolute atomic E-state index is 0.0148. The van der Waals surface area contributed by atoms with E-state index >= 15 is 4.39 Å². The van der Waals surface area contributed by atoms with Crippen LogP contribution in [0, 0.1) is 17.5 Å². The predicted molar refractivity (Wildman–Crippen MR) is 152 cm³/mol. The van der Waals surface area contributed by atoms with Gasteiger partial charge in [0.25, 0.3) is 0 Å². The van der Waals surface area contributed by atoms with Crippen LogP contribution in [0.2, 0.25) is 0 Å². The number of fused-ring (bicyclic) bond motifs is 1. The topological polar surface area (TPSA) is 136 Å². The smallest absolute Gasteiger partial charge is 0.228 e. The minimum Gasteiger partial charge on any atom is -0.453 e. The summed E-state index contributed by atoms with van der Waals surface area (Å²) in [5, 5.41) is 15.1. The Morgan fingerprint density at radius 1 is 1.15 bits per heavy atom. The third-order valence-electron chi connectivity index (χ3n) is 6.27. The van der Waals surface area contributed by atoms with Gasteiger partial charge in [0, 0.05) is 24.0 Å². The number of amides is 1. The predicted octanol–water partition coefficient (Wildman–Crippen LogP) is 5.86. The fourth-order valence-electron chi connectivity index (χ4n) is 4.22. The molecule has 0 fully saturated rings. The highest BCUT2D eigenvalue weighted by molar-refractivity contribution is 7.92. The molecule has 0 aliphatic rings. The molecule has 0 spiro atoms. The number of nitrogens with one attached hydrogen (secondary N) is 2. The molecule has 0 aliphatic carbocycles. The van der Waals surface area contributed by atoms with Gasteiger partial charge in [0.15, 0.2) is 16.6 Å². The number of rotatable bonds is 7. The molecule has 12 heteroatoms. The molecule has 0 aliphatic heterocycles. The van der Waals surface area contributed by atoms with Gasteiger partial charge in [0.1, 0.15) is 15.5 Å². The Kier molecular flexibility index (Phi) is 7.26. The molecule has 5 aromatic rings. The largest absolute Gasteiger partial charge is 0.453 e. The maximum atomic E-state index is 15.3. The molecule has 2 aromatic carbocycles. The second-order valence-corrected chi connectivity index (χ2v) is 12.5. The zero-order valence-electron chi connectivity index (χ0n) is 22.9. The van der Waals surface area contributed by atoms with Crippen LogP contribution in [0.4, 0.5) is 10.1 Å². The van der Waals surface area contributed by atoms with Gasteiger partial charge in [0.2, 0.25) is 5.91 Å². The molecule has 0 saturated heterocycles. The lowest BCUT2D eigenvalue weighted by molar-refractivity contribution is -0.115. The maximum Gasteiger partial charge on any atom is 0.228 e. The van der Waals surface area contributed by atoms with Crippen molar-refractivity contribution in [2.24, 2.45) is 0 Å². The zero-order chi connectivity index (χ0) is 29.4. The van der Waals surface area contributed by atoms with Crippen LogP contribution in [0.5, 0.6) is 11.5 Å². The van der Waals surface area contributed by atoms with Crippen molar-refractivity contribution in [2.45, 2.75) is 49.6 Å². The lowest BCUT2D eigenvalue weighted by Gasteiger charge is -2.18. The van der Waals surface area contributed by atoms with E-state index in [1.807, 2.05) is 20.8 Å². The van der Waals surface area contributed by atoms with Gasteiger partial charge in [-0.15, -0.1) is 5.10 Å². The summed E-state index contributed by atoms with van der Waals surface area (Å²) >= 11 is 0. The molecule has 3 heterocycles. The maximum absolute atomic E-state index is 15.3. The first-order chi connectivity index (χ1) is 19.4. The highest BCUT2D eigenvalue weighted by atomic mass is 32.2. The molecule has 0 bridgehead atoms. The molecular weight excluding hydrogens is 545 g/mol. The summed E-state index contributed by atoms with van der Waals surface area (Å²) in [7, 11) is -3.46. The third kappa shape index (κ3) is 5.92. The molecule has 41 heavy (non-hydrogen) atoms. The highest BCUT2D eigenvalue weighted by Gasteiger charge is 2.19. The average molecular weight is 574 g/mol. The Morgan fingerprint density at radius 2 is 1.95 bits per heavy atom. The third-order valence-corrected chi connectivity index (χ3v) is 7.99. The summed E-state index contributed by atoms with van der Waals surface area (Å²) in [5.41, 5.74) is 1.81. The van der Waals surface area contributed by atoms with Crippen molar-refractivity contribution in [1.82, 2.24) is 25.0 Å². The van der Waals surface area contributed by atoms with Gasteiger partial charge < -0.3 is 10.1 Å². The SMILES string of the molecule is Cc1cc(CC(=O)Nc2cnn(C(C)(C)C)c2)cc(F)c1Oc1ccnc2ccc([S@](=N)(=O)c3cccnn3)cc12. The Balaban J connectivity index is 1.38. The second kappa shape index (κ2) is 10.7. The number of ether oxygens (including phenoxy) is 1. The average Bonchev–Trinajstić information content (AvgIpc) is 3.40. The Hall–Kier alpha value is -4.71. The fourth-order valence-corrected chi connectivity index (χ4v) is 5.43. The first-order valence-electron chi connectivity index (χ1n) is 12.7. The molecule has 1 atom stereocenters. The number of hydrogen-bond donors (Lipinski definition) is 2. The van der Waals surface area contributed by atoms with Crippen LogP contribution in [0.15, 0.2) is 83.2 Å². The van der Waals surface area contributed by atoms with Crippen LogP contribution in [0.1, 0.15) is 31.9 Å². The Labute approximate surface area is 236 Å². The van der Waals surface area contributed by atoms with E-state index < -0.39 is 15.5 Å². The van der Waals surface area contributed by atoms with Crippen LogP contribution < -0.4 is 10.1 Å². The van der Waals surface area contributed by atoms with E-state index in [9.17, 15) is 9.00 Å². The summed E-state index contributed by atoms with van der Waals surface area (Å²) in [6.07, 6.45) is 6.23. The molecule has 2 N–H and O–H groups in total. The summed E-state index contributed by atoms with van der Waals surface area (Å²) in [6.45, 7) is 7.69. The second-order valence-electron chi connectivity index (χ2n) is 10.5. The summed E-state index contributed by atoms with van der Waals surface area (Å²) < 4.78 is 44.9. The van der Waals surface area contributed by atoms with E-state index in [2.05, 4.69) is 25.6 Å². The highest BCUT2D eigenvalue weighted by Crippen LogP contribution is 2.35. The van der Waals surface area contributed by atoms with Gasteiger partial charge >= 0.3 is 0 Å². The minimum atomic E-state index is -3.46. The van der Waals surface area contributed by atoms with Crippen LogP contribution in [-0.2, 0) is 26.5 Å². The zero-order valence-corrected chi connectivity index (χ0v) is 23.7. The monoisotopic (exact) mass is 573 g/mol. The fraction of sp³-hybridized carbons (Fsp3) is 0.207. The Morgan fingerprint density at radius 3 is 2.63 bits per heavy atom. The van der Waals surface area contributed by atoms with Crippen LogP contribution in [-0.4, -0.2) is 35.1 Å². The van der Waals surface area contributed by atoms with Crippen molar-refractivity contribution >= 4 is 32.2 Å². The molecule has 1 amide bonds. The number of anilines is 1. The van der Waals surface area contributed by atoms with Crippen LogP contribution in [0.25, 0.3) is 10.9 Å². The number of nitrogens with zero attached hydrogens (tertiary/aromatic N) is 5. The lowest BCUT2D eigenvalue weighted by Crippen LogP contribution is -2.22. The van der Waals surface area contributed by atoms with E-state index in [4.69, 9.17) is 9.52 Å². The van der Waals surface area contributed by atoms with Crippen LogP contribution in [0.3, 0.4) is 0 Å². The van der Waals surface area contributed by atoms with E-state index in [-0.39, 0.29) is 39.3 Å². The quantitative estimate of drug-likeness (QED) is 0.249. The van der Waals surface area contributed by atoms with E-state index in [1.54, 1.807) is 54.3 Å². The van der Waals surface area contributed by atoms with Crippen molar-refractivity contribution < 1.29 is 18.1 Å². The van der Waals surface area contributed by atoms with Crippen molar-refractivity contribution in [3.8, 4) is 11.5 Å². The molecule has 210 valence electrons. The number of carbonyl (C=O) groups is 1. The first kappa shape index (κ1) is 27.8. The standard InChI is InChI=1S/C29H28FN7O3S/c1-18-12-19(14-26(38)35-20-16-34-37(17-20)29(2,3)4)13-23(30)28(18)40-25-9-11-32-24-8-7-21(15-22(24)25)41(31,39)27-6-5-10-33-36-27/h5-13,15-17,31H,14H2,1-4H3,(H,35,38)/t41-/m0/s1. The molecule has 3 aromatic heterocycles. The number of aromatic nitrogens is 5. The summed E-state index contributed by atoms with van der Waals surface area (Å²) in [6, 6.07) is 12.3. The van der Waals surface area contributed by atoms with Gasteiger partial charge in [-0.25, -0.2) is 13.4 Å². The van der Waals surface area contributed by atoms with E-state index in [0.717, 1.165) is 0 Å². The van der Waals surface area contributed by atoms with Gasteiger partial charge in [-0.3, -0.25) is 14.5 Å². The molecular formula is C29H28FN7O3S. The lowest BCUT2D eigenvalue weighted by atomic mass is 10.1.